The molecule has 0 radical (unpaired) electrons. The molecule has 11 heteroatoms. The fraction of sp³-hybridized carbons (Fsp3) is 0.480. The lowest BCUT2D eigenvalue weighted by Crippen LogP contribution is -2.30. The number of alkyl halides is 4. The van der Waals surface area contributed by atoms with Crippen molar-refractivity contribution < 1.29 is 31.8 Å². The average Bonchev–Trinajstić information content (AvgIpc) is 3.47. The van der Waals surface area contributed by atoms with E-state index in [1.165, 1.54) is 29.4 Å². The van der Waals surface area contributed by atoms with E-state index >= 15 is 0 Å². The van der Waals surface area contributed by atoms with Crippen molar-refractivity contribution in [1.29, 1.82) is 0 Å². The molecule has 0 N–H and O–H groups in total. The third-order valence-corrected chi connectivity index (χ3v) is 7.54. The maximum absolute atomic E-state index is 13.8. The van der Waals surface area contributed by atoms with Gasteiger partial charge in [-0.25, -0.2) is 9.37 Å². The fourth-order valence-corrected chi connectivity index (χ4v) is 5.66. The quantitative estimate of drug-likeness (QED) is 0.389. The Bertz CT molecular complexity index is 1270. The van der Waals surface area contributed by atoms with Crippen molar-refractivity contribution in [3.63, 3.8) is 0 Å². The topological polar surface area (TPSA) is 64.6 Å². The van der Waals surface area contributed by atoms with Crippen molar-refractivity contribution >= 4 is 27.5 Å². The molecule has 3 aromatic rings. The van der Waals surface area contributed by atoms with Gasteiger partial charge in [-0.15, -0.1) is 11.3 Å². The summed E-state index contributed by atoms with van der Waals surface area (Å²) in [5, 5.41) is 0. The first-order valence-corrected chi connectivity index (χ1v) is 12.7. The predicted molar refractivity (Wildman–Crippen MR) is 126 cm³/mol. The molecule has 1 amide bonds. The van der Waals surface area contributed by atoms with E-state index in [2.05, 4.69) is 9.97 Å². The Morgan fingerprint density at radius 1 is 1.28 bits per heavy atom. The third-order valence-electron chi connectivity index (χ3n) is 6.41. The van der Waals surface area contributed by atoms with Crippen molar-refractivity contribution in [3.05, 3.63) is 46.1 Å². The smallest absolute Gasteiger partial charge is 0.353 e. The van der Waals surface area contributed by atoms with E-state index in [1.54, 1.807) is 6.07 Å². The molecule has 5 rings (SSSR count). The molecule has 2 aliphatic rings. The largest absolute Gasteiger partial charge is 0.433 e. The van der Waals surface area contributed by atoms with Gasteiger partial charge in [0.25, 0.3) is 5.91 Å². The average molecular weight is 524 g/mol. The van der Waals surface area contributed by atoms with Crippen LogP contribution in [0.25, 0.3) is 21.5 Å². The standard InChI is InChI=1S/C25H25F4N3O3S/c1-14-10-19(25(27,28)29)31-22(21(14)24(33)32-8-6-15(26)12-32)17-5-7-30-18-11-16(36-23(17)18)13-35-20-4-2-3-9-34-20/h5,7,10-11,15,20H,2-4,6,8-9,12-13H2,1H3/t15-,20?/m0/s1. The van der Waals surface area contributed by atoms with Crippen LogP contribution in [0.3, 0.4) is 0 Å². The molecular formula is C25H25F4N3O3S. The van der Waals surface area contributed by atoms with Gasteiger partial charge in [-0.2, -0.15) is 13.2 Å². The highest BCUT2D eigenvalue weighted by atomic mass is 32.1. The first-order chi connectivity index (χ1) is 17.2. The molecule has 5 heterocycles. The maximum atomic E-state index is 13.8. The van der Waals surface area contributed by atoms with E-state index in [1.807, 2.05) is 6.07 Å². The van der Waals surface area contributed by atoms with Gasteiger partial charge in [-0.1, -0.05) is 0 Å². The van der Waals surface area contributed by atoms with Crippen molar-refractivity contribution in [1.82, 2.24) is 14.9 Å². The van der Waals surface area contributed by atoms with Gasteiger partial charge in [-0.3, -0.25) is 9.78 Å². The Balaban J connectivity index is 1.56. The number of nitrogens with zero attached hydrogens (tertiary/aromatic N) is 3. The summed E-state index contributed by atoms with van der Waals surface area (Å²) in [4.78, 5) is 23.8. The number of fused-ring (bicyclic) bond motifs is 1. The first-order valence-electron chi connectivity index (χ1n) is 11.8. The minimum Gasteiger partial charge on any atom is -0.353 e. The van der Waals surface area contributed by atoms with Gasteiger partial charge < -0.3 is 14.4 Å². The molecule has 0 saturated carbocycles. The van der Waals surface area contributed by atoms with E-state index < -0.39 is 23.9 Å². The van der Waals surface area contributed by atoms with E-state index in [9.17, 15) is 22.4 Å². The summed E-state index contributed by atoms with van der Waals surface area (Å²) in [5.74, 6) is -0.525. The highest BCUT2D eigenvalue weighted by molar-refractivity contribution is 7.19. The van der Waals surface area contributed by atoms with Gasteiger partial charge in [0.15, 0.2) is 6.29 Å². The molecule has 1 unspecified atom stereocenters. The molecule has 0 aliphatic carbocycles. The number of carbonyl (C=O) groups excluding carboxylic acids is 1. The van der Waals surface area contributed by atoms with Crippen LogP contribution in [0.15, 0.2) is 24.4 Å². The Kier molecular flexibility index (Phi) is 6.97. The van der Waals surface area contributed by atoms with Crippen LogP contribution in [-0.4, -0.2) is 52.9 Å². The summed E-state index contributed by atoms with van der Waals surface area (Å²) in [6.45, 7) is 2.49. The summed E-state index contributed by atoms with van der Waals surface area (Å²) >= 11 is 1.33. The van der Waals surface area contributed by atoms with Crippen LogP contribution in [0.1, 0.15) is 52.2 Å². The fourth-order valence-electron chi connectivity index (χ4n) is 4.61. The predicted octanol–water partition coefficient (Wildman–Crippen LogP) is 5.91. The Morgan fingerprint density at radius 3 is 2.81 bits per heavy atom. The summed E-state index contributed by atoms with van der Waals surface area (Å²) in [6, 6.07) is 4.26. The molecule has 2 aliphatic heterocycles. The molecule has 2 fully saturated rings. The minimum atomic E-state index is -4.70. The second-order valence-corrected chi connectivity index (χ2v) is 10.2. The number of likely N-dealkylation sites (tertiary alicyclic amines) is 1. The normalized spacial score (nSPS) is 20.9. The van der Waals surface area contributed by atoms with Gasteiger partial charge in [0, 0.05) is 29.8 Å². The molecule has 6 nitrogen and oxygen atoms in total. The number of aromatic nitrogens is 2. The number of halogens is 4. The van der Waals surface area contributed by atoms with Crippen LogP contribution in [0, 0.1) is 6.92 Å². The monoisotopic (exact) mass is 523 g/mol. The van der Waals surface area contributed by atoms with E-state index in [-0.39, 0.29) is 49.2 Å². The van der Waals surface area contributed by atoms with Crippen molar-refractivity contribution in [2.45, 2.75) is 57.9 Å². The van der Waals surface area contributed by atoms with Gasteiger partial charge >= 0.3 is 6.18 Å². The molecule has 0 aromatic carbocycles. The van der Waals surface area contributed by atoms with Gasteiger partial charge in [0.2, 0.25) is 0 Å². The van der Waals surface area contributed by atoms with E-state index in [0.29, 0.717) is 22.4 Å². The number of thiophene rings is 1. The van der Waals surface area contributed by atoms with Crippen molar-refractivity contribution in [2.75, 3.05) is 19.7 Å². The summed E-state index contributed by atoms with van der Waals surface area (Å²) in [7, 11) is 0. The molecule has 2 atom stereocenters. The highest BCUT2D eigenvalue weighted by Crippen LogP contribution is 2.39. The zero-order chi connectivity index (χ0) is 25.4. The van der Waals surface area contributed by atoms with Gasteiger partial charge in [0.05, 0.1) is 34.6 Å². The second-order valence-electron chi connectivity index (χ2n) is 9.08. The molecule has 2 saturated heterocycles. The van der Waals surface area contributed by atoms with Crippen LogP contribution >= 0.6 is 11.3 Å². The van der Waals surface area contributed by atoms with Gasteiger partial charge in [0.1, 0.15) is 11.9 Å². The number of hydrogen-bond donors (Lipinski definition) is 0. The van der Waals surface area contributed by atoms with Crippen molar-refractivity contribution in [2.24, 2.45) is 0 Å². The van der Waals surface area contributed by atoms with Crippen LogP contribution in [0.5, 0.6) is 0 Å². The van der Waals surface area contributed by atoms with Crippen LogP contribution in [0.2, 0.25) is 0 Å². The number of amides is 1. The summed E-state index contributed by atoms with van der Waals surface area (Å²) < 4.78 is 67.0. The SMILES string of the molecule is Cc1cc(C(F)(F)F)nc(-c2ccnc3cc(COC4CCCCO4)sc23)c1C(=O)N1CC[C@H](F)C1. The molecule has 0 bridgehead atoms. The Hall–Kier alpha value is -2.63. The lowest BCUT2D eigenvalue weighted by atomic mass is 9.99. The van der Waals surface area contributed by atoms with E-state index in [4.69, 9.17) is 9.47 Å². The Morgan fingerprint density at radius 2 is 2.11 bits per heavy atom. The first kappa shape index (κ1) is 25.0. The lowest BCUT2D eigenvalue weighted by molar-refractivity contribution is -0.168. The zero-order valence-electron chi connectivity index (χ0n) is 19.6. The summed E-state index contributed by atoms with van der Waals surface area (Å²) in [6.07, 6.45) is -1.60. The lowest BCUT2D eigenvalue weighted by Gasteiger charge is -2.22. The molecular weight excluding hydrogens is 498 g/mol. The Labute approximate surface area is 209 Å². The van der Waals surface area contributed by atoms with Crippen LogP contribution < -0.4 is 0 Å². The van der Waals surface area contributed by atoms with Crippen LogP contribution in [-0.2, 0) is 22.3 Å². The van der Waals surface area contributed by atoms with Crippen LogP contribution in [0.4, 0.5) is 17.6 Å². The second kappa shape index (κ2) is 10.0. The van der Waals surface area contributed by atoms with Crippen molar-refractivity contribution in [3.8, 4) is 11.3 Å². The van der Waals surface area contributed by atoms with E-state index in [0.717, 1.165) is 30.2 Å². The molecule has 3 aromatic heterocycles. The highest BCUT2D eigenvalue weighted by Gasteiger charge is 2.36. The number of ether oxygens (including phenoxy) is 2. The summed E-state index contributed by atoms with van der Waals surface area (Å²) in [5.41, 5.74) is -0.0342. The maximum Gasteiger partial charge on any atom is 0.433 e. The number of hydrogen-bond acceptors (Lipinski definition) is 6. The molecule has 192 valence electrons. The third kappa shape index (κ3) is 5.09. The zero-order valence-corrected chi connectivity index (χ0v) is 20.4. The minimum absolute atomic E-state index is 0.0476. The number of aryl methyl sites for hydroxylation is 1. The molecule has 36 heavy (non-hydrogen) atoms. The molecule has 0 spiro atoms. The number of rotatable bonds is 5. The van der Waals surface area contributed by atoms with Gasteiger partial charge in [-0.05, 0) is 56.4 Å². The number of carbonyl (C=O) groups is 1. The number of pyridine rings is 2.